The number of carbonyl (C=O) groups excluding carboxylic acids is 1. The first-order chi connectivity index (χ1) is 23.5. The van der Waals surface area contributed by atoms with Crippen LogP contribution in [-0.4, -0.2) is 89.2 Å². The van der Waals surface area contributed by atoms with Crippen LogP contribution in [0, 0.1) is 5.92 Å². The van der Waals surface area contributed by atoms with Crippen LogP contribution in [0.5, 0.6) is 5.75 Å². The Morgan fingerprint density at radius 1 is 1.02 bits per heavy atom. The average molecular weight is 716 g/mol. The number of anilines is 3. The number of fused-ring (bicyclic) bond motifs is 1. The number of likely N-dealkylation sites (N-methyl/N-ethyl adjacent to an activating group) is 1. The van der Waals surface area contributed by atoms with Crippen molar-refractivity contribution in [2.24, 2.45) is 5.92 Å². The molecule has 1 saturated carbocycles. The number of hydrogen-bond donors (Lipinski definition) is 2. The van der Waals surface area contributed by atoms with Gasteiger partial charge < -0.3 is 29.0 Å². The fourth-order valence-corrected chi connectivity index (χ4v) is 8.98. The van der Waals surface area contributed by atoms with Crippen molar-refractivity contribution in [3.05, 3.63) is 53.4 Å². The van der Waals surface area contributed by atoms with Crippen LogP contribution >= 0.6 is 11.3 Å². The predicted molar refractivity (Wildman–Crippen MR) is 189 cm³/mol. The fraction of sp³-hybridized carbons (Fsp3) is 0.486. The monoisotopic (exact) mass is 715 g/mol. The first-order valence-corrected chi connectivity index (χ1v) is 18.8. The Labute approximate surface area is 292 Å². The molecule has 0 radical (unpaired) electrons. The summed E-state index contributed by atoms with van der Waals surface area (Å²) in [7, 11) is -0.821. The zero-order valence-corrected chi connectivity index (χ0v) is 30.0. The Hall–Kier alpha value is -3.69. The summed E-state index contributed by atoms with van der Waals surface area (Å²) in [6, 6.07) is 14.2. The van der Waals surface area contributed by atoms with Crippen molar-refractivity contribution in [2.75, 3.05) is 57.3 Å². The molecule has 0 spiro atoms. The molecule has 2 N–H and O–H groups in total. The molecule has 1 aromatic heterocycles. The highest BCUT2D eigenvalue weighted by atomic mass is 32.2. The van der Waals surface area contributed by atoms with Crippen LogP contribution in [0.15, 0.2) is 53.4 Å². The maximum absolute atomic E-state index is 14.6. The highest BCUT2D eigenvalue weighted by Crippen LogP contribution is 2.47. The second kappa shape index (κ2) is 16.3. The van der Waals surface area contributed by atoms with E-state index in [0.29, 0.717) is 28.4 Å². The molecule has 1 aliphatic heterocycles. The smallest absolute Gasteiger partial charge is 0.411 e. The average Bonchev–Trinajstić information content (AvgIpc) is 3.48. The number of thiophene rings is 1. The summed E-state index contributed by atoms with van der Waals surface area (Å²) >= 11 is 0.898. The van der Waals surface area contributed by atoms with Gasteiger partial charge in [0.1, 0.15) is 28.7 Å². The Morgan fingerprint density at radius 3 is 2.43 bits per heavy atom. The number of carbonyl (C=O) groups is 2. The number of rotatable bonds is 13. The maximum atomic E-state index is 14.6. The number of carboxylic acids is 1. The van der Waals surface area contributed by atoms with Gasteiger partial charge in [-0.05, 0) is 56.9 Å². The molecule has 0 bridgehead atoms. The molecule has 0 unspecified atom stereocenters. The van der Waals surface area contributed by atoms with Crippen LogP contribution in [0.4, 0.5) is 21.9 Å². The van der Waals surface area contributed by atoms with Crippen LogP contribution in [0.1, 0.15) is 55.6 Å². The number of ether oxygens (including phenoxy) is 4. The van der Waals surface area contributed by atoms with Crippen molar-refractivity contribution in [1.29, 1.82) is 0 Å². The number of hydrogen-bond acceptors (Lipinski definition) is 10. The largest absolute Gasteiger partial charge is 0.490 e. The number of aromatic carboxylic acids is 1. The molecule has 12 nitrogen and oxygen atoms in total. The Kier molecular flexibility index (Phi) is 12.2. The van der Waals surface area contributed by atoms with Crippen LogP contribution in [0.3, 0.4) is 0 Å². The van der Waals surface area contributed by atoms with Crippen molar-refractivity contribution in [1.82, 2.24) is 4.31 Å². The van der Waals surface area contributed by atoms with Crippen LogP contribution in [0.2, 0.25) is 0 Å². The quantitative estimate of drug-likeness (QED) is 0.181. The van der Waals surface area contributed by atoms with E-state index in [0.717, 1.165) is 49.1 Å². The SMILES string of the molecule is COCCOc1cc2c(cc1-c1cc(NC(=O)OCCOC(C)C)c(C(=O)O)s1)S(=O)(=O)N(C)[C@H](C1CCCCC1)CN2c1ccccc1. The van der Waals surface area contributed by atoms with E-state index in [1.165, 1.54) is 10.4 Å². The highest BCUT2D eigenvalue weighted by Gasteiger charge is 2.41. The molecule has 1 atom stereocenters. The molecule has 1 amide bonds. The Morgan fingerprint density at radius 2 is 1.76 bits per heavy atom. The van der Waals surface area contributed by atoms with E-state index >= 15 is 0 Å². The van der Waals surface area contributed by atoms with E-state index in [-0.39, 0.29) is 60.0 Å². The van der Waals surface area contributed by atoms with Gasteiger partial charge in [-0.2, -0.15) is 4.31 Å². The zero-order valence-electron chi connectivity index (χ0n) is 28.3. The minimum absolute atomic E-state index is 0.0170. The summed E-state index contributed by atoms with van der Waals surface area (Å²) in [5.74, 6) is -0.709. The second-order valence-corrected chi connectivity index (χ2v) is 15.4. The number of nitrogens with one attached hydrogen (secondary N) is 1. The summed E-state index contributed by atoms with van der Waals surface area (Å²) in [6.45, 7) is 4.78. The molecule has 2 heterocycles. The zero-order chi connectivity index (χ0) is 35.1. The first-order valence-electron chi connectivity index (χ1n) is 16.5. The number of benzene rings is 2. The minimum atomic E-state index is -4.03. The molecule has 1 aliphatic carbocycles. The van der Waals surface area contributed by atoms with Crippen molar-refractivity contribution in [2.45, 2.75) is 63.0 Å². The standard InChI is InChI=1S/C35H45N3O9S2/c1-23(2)45-17-18-47-35(41)36-27-20-31(48-33(27)34(39)40)26-19-32-28(21-30(26)46-16-15-44-4)38(25-13-9-6-10-14-25)22-29(37(3)49(32,42)43)24-11-7-5-8-12-24/h6,9-10,13-14,19-21,23-24,29H,5,7-8,11-12,15-18,22H2,1-4H3,(H,36,41)(H,39,40)/t29-/m0/s1. The van der Waals surface area contributed by atoms with Crippen LogP contribution in [0.25, 0.3) is 10.4 Å². The van der Waals surface area contributed by atoms with E-state index in [1.54, 1.807) is 26.3 Å². The lowest BCUT2D eigenvalue weighted by atomic mass is 9.83. The summed E-state index contributed by atoms with van der Waals surface area (Å²) < 4.78 is 52.7. The molecule has 5 rings (SSSR count). The number of amides is 1. The maximum Gasteiger partial charge on any atom is 0.411 e. The third-order valence-electron chi connectivity index (χ3n) is 8.85. The molecule has 0 saturated heterocycles. The fourth-order valence-electron chi connectivity index (χ4n) is 6.40. The first kappa shape index (κ1) is 36.6. The lowest BCUT2D eigenvalue weighted by Gasteiger charge is -2.36. The predicted octanol–water partition coefficient (Wildman–Crippen LogP) is 6.83. The van der Waals surface area contributed by atoms with Crippen molar-refractivity contribution >= 4 is 50.5 Å². The van der Waals surface area contributed by atoms with Crippen LogP contribution in [-0.2, 0) is 24.2 Å². The lowest BCUT2D eigenvalue weighted by molar-refractivity contribution is 0.0427. The van der Waals surface area contributed by atoms with E-state index in [1.807, 2.05) is 49.1 Å². The summed E-state index contributed by atoms with van der Waals surface area (Å²) in [4.78, 5) is 27.3. The summed E-state index contributed by atoms with van der Waals surface area (Å²) in [5, 5.41) is 12.6. The molecule has 2 aromatic carbocycles. The van der Waals surface area contributed by atoms with Gasteiger partial charge in [0, 0.05) is 48.9 Å². The molecular weight excluding hydrogens is 671 g/mol. The third-order valence-corrected chi connectivity index (χ3v) is 11.9. The Bertz CT molecular complexity index is 1710. The van der Waals surface area contributed by atoms with Gasteiger partial charge in [0.2, 0.25) is 10.0 Å². The number of methoxy groups -OCH3 is 1. The molecule has 266 valence electrons. The minimum Gasteiger partial charge on any atom is -0.490 e. The van der Waals surface area contributed by atoms with Gasteiger partial charge >= 0.3 is 12.1 Å². The normalized spacial score (nSPS) is 18.1. The molecule has 1 fully saturated rings. The van der Waals surface area contributed by atoms with Crippen molar-refractivity contribution < 1.29 is 42.1 Å². The number of sulfonamides is 1. The van der Waals surface area contributed by atoms with E-state index in [2.05, 4.69) is 5.32 Å². The summed E-state index contributed by atoms with van der Waals surface area (Å²) in [5.41, 5.74) is 1.70. The van der Waals surface area contributed by atoms with Gasteiger partial charge in [-0.15, -0.1) is 11.3 Å². The number of carboxylic acid groups (broad SMARTS) is 1. The van der Waals surface area contributed by atoms with Crippen molar-refractivity contribution in [3.63, 3.8) is 0 Å². The highest BCUT2D eigenvalue weighted by molar-refractivity contribution is 7.89. The number of para-hydroxylation sites is 1. The molecular formula is C35H45N3O9S2. The molecule has 3 aromatic rings. The van der Waals surface area contributed by atoms with Gasteiger partial charge in [0.05, 0.1) is 30.7 Å². The van der Waals surface area contributed by atoms with E-state index in [4.69, 9.17) is 18.9 Å². The summed E-state index contributed by atoms with van der Waals surface area (Å²) in [6.07, 6.45) is 4.31. The van der Waals surface area contributed by atoms with Crippen molar-refractivity contribution in [3.8, 4) is 16.2 Å². The van der Waals surface area contributed by atoms with Gasteiger partial charge in [-0.1, -0.05) is 37.5 Å². The molecule has 14 heteroatoms. The lowest BCUT2D eigenvalue weighted by Crippen LogP contribution is -2.46. The van der Waals surface area contributed by atoms with Gasteiger partial charge in [0.25, 0.3) is 0 Å². The third kappa shape index (κ3) is 8.55. The Balaban J connectivity index is 1.61. The van der Waals surface area contributed by atoms with E-state index in [9.17, 15) is 23.1 Å². The van der Waals surface area contributed by atoms with E-state index < -0.39 is 22.1 Å². The molecule has 49 heavy (non-hydrogen) atoms. The number of nitrogens with zero attached hydrogens (tertiary/aromatic N) is 2. The topological polar surface area (TPSA) is 144 Å². The molecule has 2 aliphatic rings. The van der Waals surface area contributed by atoms with Gasteiger partial charge in [0.15, 0.2) is 0 Å². The van der Waals surface area contributed by atoms with Gasteiger partial charge in [-0.3, -0.25) is 5.32 Å². The second-order valence-electron chi connectivity index (χ2n) is 12.4. The van der Waals surface area contributed by atoms with Crippen LogP contribution < -0.4 is 15.0 Å². The van der Waals surface area contributed by atoms with Gasteiger partial charge in [-0.25, -0.2) is 18.0 Å².